The third-order valence-corrected chi connectivity index (χ3v) is 7.41. The summed E-state index contributed by atoms with van der Waals surface area (Å²) in [5.41, 5.74) is 0.512. The summed E-state index contributed by atoms with van der Waals surface area (Å²) in [5, 5.41) is 0. The number of carbonyl (C=O) groups excluding carboxylic acids is 1. The van der Waals surface area contributed by atoms with Crippen molar-refractivity contribution in [1.82, 2.24) is 9.21 Å². The first-order valence-corrected chi connectivity index (χ1v) is 11.6. The molecule has 7 nitrogen and oxygen atoms in total. The number of benzene rings is 2. The van der Waals surface area contributed by atoms with E-state index in [4.69, 9.17) is 9.47 Å². The topological polar surface area (TPSA) is 76.2 Å². The third kappa shape index (κ3) is 4.26. The second kappa shape index (κ2) is 8.33. The van der Waals surface area contributed by atoms with Crippen molar-refractivity contribution in [3.8, 4) is 11.5 Å². The molecule has 0 spiro atoms. The molecule has 2 aromatic rings. The van der Waals surface area contributed by atoms with Crippen LogP contribution >= 0.6 is 15.9 Å². The minimum Gasteiger partial charge on any atom is -0.490 e. The molecule has 2 heterocycles. The smallest absolute Gasteiger partial charge is 0.254 e. The minimum atomic E-state index is -3.57. The fourth-order valence-corrected chi connectivity index (χ4v) is 5.05. The Bertz CT molecular complexity index is 1000. The Kier molecular flexibility index (Phi) is 5.80. The molecule has 0 bridgehead atoms. The van der Waals surface area contributed by atoms with Crippen LogP contribution in [0.2, 0.25) is 0 Å². The van der Waals surface area contributed by atoms with Gasteiger partial charge in [0.25, 0.3) is 5.91 Å². The van der Waals surface area contributed by atoms with E-state index in [9.17, 15) is 13.2 Å². The number of fused-ring (bicyclic) bond motifs is 1. The summed E-state index contributed by atoms with van der Waals surface area (Å²) >= 11 is 3.31. The zero-order chi connectivity index (χ0) is 20.4. The molecule has 2 aliphatic rings. The van der Waals surface area contributed by atoms with Crippen molar-refractivity contribution in [3.05, 3.63) is 52.5 Å². The molecule has 0 radical (unpaired) electrons. The van der Waals surface area contributed by atoms with E-state index in [2.05, 4.69) is 15.9 Å². The number of nitrogens with zero attached hydrogens (tertiary/aromatic N) is 2. The molecule has 0 aliphatic carbocycles. The van der Waals surface area contributed by atoms with Crippen molar-refractivity contribution >= 4 is 31.9 Å². The van der Waals surface area contributed by atoms with Crippen LogP contribution in [0, 0.1) is 0 Å². The van der Waals surface area contributed by atoms with Crippen LogP contribution in [0.15, 0.2) is 51.8 Å². The SMILES string of the molecule is O=C(c1ccc2c(c1)OCCCO2)N1CCN(S(=O)(=O)c2ccc(Br)cc2)CC1. The summed E-state index contributed by atoms with van der Waals surface area (Å²) in [6.45, 7) is 2.34. The number of sulfonamides is 1. The second-order valence-corrected chi connectivity index (χ2v) is 9.72. The van der Waals surface area contributed by atoms with Crippen molar-refractivity contribution in [3.63, 3.8) is 0 Å². The number of halogens is 1. The molecule has 9 heteroatoms. The molecule has 1 fully saturated rings. The van der Waals surface area contributed by atoms with Gasteiger partial charge in [-0.2, -0.15) is 4.31 Å². The molecule has 2 aliphatic heterocycles. The van der Waals surface area contributed by atoms with Crippen molar-refractivity contribution in [2.75, 3.05) is 39.4 Å². The third-order valence-electron chi connectivity index (χ3n) is 4.97. The lowest BCUT2D eigenvalue weighted by atomic mass is 10.1. The van der Waals surface area contributed by atoms with Gasteiger partial charge in [0.2, 0.25) is 10.0 Å². The van der Waals surface area contributed by atoms with Gasteiger partial charge in [0, 0.05) is 42.6 Å². The summed E-state index contributed by atoms with van der Waals surface area (Å²) in [7, 11) is -3.57. The number of ether oxygens (including phenoxy) is 2. The van der Waals surface area contributed by atoms with Crippen LogP contribution in [0.25, 0.3) is 0 Å². The lowest BCUT2D eigenvalue weighted by molar-refractivity contribution is 0.0697. The Balaban J connectivity index is 1.43. The number of piperazine rings is 1. The predicted molar refractivity (Wildman–Crippen MR) is 111 cm³/mol. The van der Waals surface area contributed by atoms with Gasteiger partial charge in [-0.3, -0.25) is 4.79 Å². The maximum absolute atomic E-state index is 12.9. The Morgan fingerprint density at radius 2 is 1.55 bits per heavy atom. The van der Waals surface area contributed by atoms with Gasteiger partial charge < -0.3 is 14.4 Å². The van der Waals surface area contributed by atoms with E-state index in [1.54, 1.807) is 47.4 Å². The molecule has 0 N–H and O–H groups in total. The standard InChI is InChI=1S/C20H21BrN2O5S/c21-16-3-5-17(6-4-16)29(25,26)23-10-8-22(9-11-23)20(24)15-2-7-18-19(14-15)28-13-1-12-27-18/h2-7,14H,1,8-13H2. The van der Waals surface area contributed by atoms with Crippen molar-refractivity contribution < 1.29 is 22.7 Å². The summed E-state index contributed by atoms with van der Waals surface area (Å²) < 4.78 is 39.1. The van der Waals surface area contributed by atoms with Gasteiger partial charge in [-0.1, -0.05) is 15.9 Å². The van der Waals surface area contributed by atoms with Crippen molar-refractivity contribution in [2.24, 2.45) is 0 Å². The van der Waals surface area contributed by atoms with Crippen LogP contribution in [0.1, 0.15) is 16.8 Å². The summed E-state index contributed by atoms with van der Waals surface area (Å²) in [6, 6.07) is 11.7. The Morgan fingerprint density at radius 1 is 0.897 bits per heavy atom. The molecular weight excluding hydrogens is 460 g/mol. The molecule has 0 atom stereocenters. The maximum Gasteiger partial charge on any atom is 0.254 e. The average molecular weight is 481 g/mol. The summed E-state index contributed by atoms with van der Waals surface area (Å²) in [5.74, 6) is 1.08. The van der Waals surface area contributed by atoms with Crippen LogP contribution in [0.3, 0.4) is 0 Å². The molecule has 29 heavy (non-hydrogen) atoms. The molecular formula is C20H21BrN2O5S. The molecule has 4 rings (SSSR count). The molecule has 1 amide bonds. The lowest BCUT2D eigenvalue weighted by Crippen LogP contribution is -2.50. The van der Waals surface area contributed by atoms with Gasteiger partial charge >= 0.3 is 0 Å². The van der Waals surface area contributed by atoms with Crippen LogP contribution in [-0.4, -0.2) is 62.9 Å². The van der Waals surface area contributed by atoms with Crippen molar-refractivity contribution in [2.45, 2.75) is 11.3 Å². The number of hydrogen-bond donors (Lipinski definition) is 0. The summed E-state index contributed by atoms with van der Waals surface area (Å²) in [4.78, 5) is 14.8. The minimum absolute atomic E-state index is 0.138. The van der Waals surface area contributed by atoms with Crippen LogP contribution < -0.4 is 9.47 Å². The molecule has 154 valence electrons. The van der Waals surface area contributed by atoms with Gasteiger partial charge in [-0.15, -0.1) is 0 Å². The highest BCUT2D eigenvalue weighted by Crippen LogP contribution is 2.31. The van der Waals surface area contributed by atoms with E-state index in [1.165, 1.54) is 4.31 Å². The maximum atomic E-state index is 12.9. The van der Waals surface area contributed by atoms with Gasteiger partial charge in [0.05, 0.1) is 18.1 Å². The fraction of sp³-hybridized carbons (Fsp3) is 0.350. The lowest BCUT2D eigenvalue weighted by Gasteiger charge is -2.34. The van der Waals surface area contributed by atoms with Gasteiger partial charge in [-0.05, 0) is 42.5 Å². The van der Waals surface area contributed by atoms with Gasteiger partial charge in [0.1, 0.15) is 0 Å². The molecule has 0 saturated carbocycles. The number of hydrogen-bond acceptors (Lipinski definition) is 5. The average Bonchev–Trinajstić information content (AvgIpc) is 2.98. The van der Waals surface area contributed by atoms with Crippen LogP contribution in [0.4, 0.5) is 0 Å². The highest BCUT2D eigenvalue weighted by atomic mass is 79.9. The van der Waals surface area contributed by atoms with E-state index < -0.39 is 10.0 Å². The first-order chi connectivity index (χ1) is 13.9. The highest BCUT2D eigenvalue weighted by Gasteiger charge is 2.30. The first-order valence-electron chi connectivity index (χ1n) is 9.40. The second-order valence-electron chi connectivity index (χ2n) is 6.86. The monoisotopic (exact) mass is 480 g/mol. The van der Waals surface area contributed by atoms with Crippen molar-refractivity contribution in [1.29, 1.82) is 0 Å². The van der Waals surface area contributed by atoms with Gasteiger partial charge in [0.15, 0.2) is 11.5 Å². The Labute approximate surface area is 178 Å². The van der Waals surface area contributed by atoms with E-state index in [0.717, 1.165) is 10.9 Å². The fourth-order valence-electron chi connectivity index (χ4n) is 3.37. The first kappa shape index (κ1) is 20.2. The largest absolute Gasteiger partial charge is 0.490 e. The molecule has 1 saturated heterocycles. The summed E-state index contributed by atoms with van der Waals surface area (Å²) in [6.07, 6.45) is 0.798. The zero-order valence-electron chi connectivity index (χ0n) is 15.7. The zero-order valence-corrected chi connectivity index (χ0v) is 18.1. The molecule has 0 aromatic heterocycles. The van der Waals surface area contributed by atoms with Crippen LogP contribution in [0.5, 0.6) is 11.5 Å². The highest BCUT2D eigenvalue weighted by molar-refractivity contribution is 9.10. The molecule has 2 aromatic carbocycles. The Morgan fingerprint density at radius 3 is 2.24 bits per heavy atom. The quantitative estimate of drug-likeness (QED) is 0.674. The van der Waals surface area contributed by atoms with Crippen LogP contribution in [-0.2, 0) is 10.0 Å². The number of carbonyl (C=O) groups is 1. The van der Waals surface area contributed by atoms with E-state index in [-0.39, 0.29) is 23.9 Å². The van der Waals surface area contributed by atoms with Gasteiger partial charge in [-0.25, -0.2) is 8.42 Å². The van der Waals surface area contributed by atoms with E-state index in [0.29, 0.717) is 43.4 Å². The van der Waals surface area contributed by atoms with E-state index >= 15 is 0 Å². The number of amides is 1. The predicted octanol–water partition coefficient (Wildman–Crippen LogP) is 2.76. The van der Waals surface area contributed by atoms with E-state index in [1.807, 2.05) is 0 Å². The molecule has 0 unspecified atom stereocenters. The number of rotatable bonds is 3. The Hall–Kier alpha value is -2.10. The normalized spacial score (nSPS) is 17.6.